The average Bonchev–Trinajstić information content (AvgIpc) is 2.48. The molecule has 0 radical (unpaired) electrons. The molecule has 0 bridgehead atoms. The number of anilines is 1. The number of carbonyl (C=O) groups excluding carboxylic acids is 1. The summed E-state index contributed by atoms with van der Waals surface area (Å²) in [6, 6.07) is 7.32. The van der Waals surface area contributed by atoms with Gasteiger partial charge in [0.2, 0.25) is 0 Å². The highest BCUT2D eigenvalue weighted by atomic mass is 16.5. The number of hydrogen-bond acceptors (Lipinski definition) is 3. The lowest BCUT2D eigenvalue weighted by atomic mass is 9.84. The Morgan fingerprint density at radius 3 is 2.95 bits per heavy atom. The van der Waals surface area contributed by atoms with Crippen molar-refractivity contribution >= 4 is 11.7 Å². The van der Waals surface area contributed by atoms with Gasteiger partial charge in [-0.25, -0.2) is 4.79 Å². The minimum Gasteiger partial charge on any atom is -0.497 e. The molecule has 0 aromatic heterocycles. The lowest BCUT2D eigenvalue weighted by Crippen LogP contribution is -2.46. The van der Waals surface area contributed by atoms with E-state index in [0.717, 1.165) is 30.7 Å². The first-order valence-electron chi connectivity index (χ1n) is 7.14. The number of carbonyl (C=O) groups is 1. The van der Waals surface area contributed by atoms with Crippen molar-refractivity contribution < 1.29 is 9.53 Å². The van der Waals surface area contributed by atoms with E-state index < -0.39 is 0 Å². The maximum absolute atomic E-state index is 12.0. The normalized spacial score (nSPS) is 22.1. The number of rotatable bonds is 4. The number of urea groups is 1. The maximum Gasteiger partial charge on any atom is 0.319 e. The van der Waals surface area contributed by atoms with Gasteiger partial charge in [0.15, 0.2) is 0 Å². The van der Waals surface area contributed by atoms with Crippen molar-refractivity contribution in [2.24, 2.45) is 11.7 Å². The fraction of sp³-hybridized carbons (Fsp3) is 0.533. The Bertz CT molecular complexity index is 450. The van der Waals surface area contributed by atoms with Gasteiger partial charge in [0.1, 0.15) is 5.75 Å². The third kappa shape index (κ3) is 3.87. The van der Waals surface area contributed by atoms with Gasteiger partial charge < -0.3 is 21.1 Å². The highest BCUT2D eigenvalue weighted by Crippen LogP contribution is 2.23. The second-order valence-corrected chi connectivity index (χ2v) is 5.22. The fourth-order valence-electron chi connectivity index (χ4n) is 2.72. The summed E-state index contributed by atoms with van der Waals surface area (Å²) in [5, 5.41) is 5.87. The third-order valence-corrected chi connectivity index (χ3v) is 3.86. The Kier molecular flexibility index (Phi) is 5.24. The van der Waals surface area contributed by atoms with Crippen LogP contribution in [0.5, 0.6) is 5.75 Å². The van der Waals surface area contributed by atoms with Crippen LogP contribution in [-0.2, 0) is 0 Å². The molecule has 2 atom stereocenters. The van der Waals surface area contributed by atoms with Crippen LogP contribution in [0.1, 0.15) is 25.7 Å². The molecule has 2 unspecified atom stereocenters. The number of nitrogens with one attached hydrogen (secondary N) is 2. The van der Waals surface area contributed by atoms with Crippen LogP contribution in [-0.4, -0.2) is 25.7 Å². The topological polar surface area (TPSA) is 76.4 Å². The predicted molar refractivity (Wildman–Crippen MR) is 79.9 cm³/mol. The van der Waals surface area contributed by atoms with Crippen molar-refractivity contribution in [2.45, 2.75) is 31.7 Å². The summed E-state index contributed by atoms with van der Waals surface area (Å²) in [7, 11) is 1.60. The second-order valence-electron chi connectivity index (χ2n) is 5.22. The van der Waals surface area contributed by atoms with E-state index in [-0.39, 0.29) is 12.1 Å². The zero-order chi connectivity index (χ0) is 14.4. The largest absolute Gasteiger partial charge is 0.497 e. The monoisotopic (exact) mass is 277 g/mol. The minimum absolute atomic E-state index is 0.177. The third-order valence-electron chi connectivity index (χ3n) is 3.86. The second kappa shape index (κ2) is 7.14. The molecule has 2 rings (SSSR count). The van der Waals surface area contributed by atoms with Crippen LogP contribution < -0.4 is 21.1 Å². The zero-order valence-electron chi connectivity index (χ0n) is 11.9. The van der Waals surface area contributed by atoms with Gasteiger partial charge in [0.05, 0.1) is 7.11 Å². The van der Waals surface area contributed by atoms with Gasteiger partial charge in [0, 0.05) is 17.8 Å². The van der Waals surface area contributed by atoms with E-state index in [2.05, 4.69) is 10.6 Å². The summed E-state index contributed by atoms with van der Waals surface area (Å²) in [5.41, 5.74) is 6.50. The Morgan fingerprint density at radius 1 is 1.40 bits per heavy atom. The molecule has 1 aromatic carbocycles. The number of ether oxygens (including phenoxy) is 1. The molecule has 0 heterocycles. The highest BCUT2D eigenvalue weighted by molar-refractivity contribution is 5.89. The van der Waals surface area contributed by atoms with Gasteiger partial charge in [0.25, 0.3) is 0 Å². The first-order chi connectivity index (χ1) is 9.72. The molecule has 0 spiro atoms. The lowest BCUT2D eigenvalue weighted by molar-refractivity contribution is 0.229. The molecular weight excluding hydrogens is 254 g/mol. The van der Waals surface area contributed by atoms with Crippen LogP contribution in [0.3, 0.4) is 0 Å². The van der Waals surface area contributed by atoms with E-state index in [1.54, 1.807) is 13.2 Å². The van der Waals surface area contributed by atoms with E-state index >= 15 is 0 Å². The summed E-state index contributed by atoms with van der Waals surface area (Å²) in [5.74, 6) is 1.11. The number of methoxy groups -OCH3 is 1. The number of nitrogens with two attached hydrogens (primary N) is 1. The minimum atomic E-state index is -0.177. The van der Waals surface area contributed by atoms with Gasteiger partial charge >= 0.3 is 6.03 Å². The van der Waals surface area contributed by atoms with Gasteiger partial charge in [-0.2, -0.15) is 0 Å². The van der Waals surface area contributed by atoms with Crippen LogP contribution in [0.15, 0.2) is 24.3 Å². The molecule has 0 saturated heterocycles. The number of hydrogen-bond donors (Lipinski definition) is 3. The number of amides is 2. The molecule has 1 aliphatic carbocycles. The first-order valence-corrected chi connectivity index (χ1v) is 7.14. The van der Waals surface area contributed by atoms with Crippen molar-refractivity contribution in [2.75, 3.05) is 19.0 Å². The molecule has 0 aliphatic heterocycles. The van der Waals surface area contributed by atoms with E-state index in [1.165, 1.54) is 6.42 Å². The molecule has 20 heavy (non-hydrogen) atoms. The van der Waals surface area contributed by atoms with E-state index in [1.807, 2.05) is 18.2 Å². The smallest absolute Gasteiger partial charge is 0.319 e. The Balaban J connectivity index is 1.90. The number of benzene rings is 1. The molecule has 1 aliphatic rings. The molecule has 4 N–H and O–H groups in total. The molecule has 1 aromatic rings. The Labute approximate surface area is 119 Å². The standard InChI is InChI=1S/C15H23N3O2/c1-20-13-7-4-6-12(9-13)17-15(19)18-14-8-3-2-5-11(14)10-16/h4,6-7,9,11,14H,2-3,5,8,10,16H2,1H3,(H2,17,18,19). The quantitative estimate of drug-likeness (QED) is 0.790. The molecule has 110 valence electrons. The Hall–Kier alpha value is -1.75. The molecule has 1 fully saturated rings. The van der Waals surface area contributed by atoms with Crippen molar-refractivity contribution in [3.8, 4) is 5.75 Å². The van der Waals surface area contributed by atoms with Gasteiger partial charge in [-0.05, 0) is 37.4 Å². The summed E-state index contributed by atoms with van der Waals surface area (Å²) >= 11 is 0. The van der Waals surface area contributed by atoms with E-state index in [4.69, 9.17) is 10.5 Å². The molecule has 5 nitrogen and oxygen atoms in total. The zero-order valence-corrected chi connectivity index (χ0v) is 11.9. The Morgan fingerprint density at radius 2 is 2.20 bits per heavy atom. The lowest BCUT2D eigenvalue weighted by Gasteiger charge is -2.31. The van der Waals surface area contributed by atoms with Crippen LogP contribution in [0.2, 0.25) is 0 Å². The van der Waals surface area contributed by atoms with Crippen LogP contribution in [0, 0.1) is 5.92 Å². The predicted octanol–water partition coefficient (Wildman–Crippen LogP) is 2.33. The van der Waals surface area contributed by atoms with Crippen LogP contribution in [0.25, 0.3) is 0 Å². The van der Waals surface area contributed by atoms with E-state index in [9.17, 15) is 4.79 Å². The van der Waals surface area contributed by atoms with Gasteiger partial charge in [-0.15, -0.1) is 0 Å². The van der Waals surface area contributed by atoms with E-state index in [0.29, 0.717) is 12.5 Å². The molecular formula is C15H23N3O2. The molecule has 1 saturated carbocycles. The van der Waals surface area contributed by atoms with Gasteiger partial charge in [-0.3, -0.25) is 0 Å². The average molecular weight is 277 g/mol. The highest BCUT2D eigenvalue weighted by Gasteiger charge is 2.25. The van der Waals surface area contributed by atoms with Crippen molar-refractivity contribution in [1.29, 1.82) is 0 Å². The van der Waals surface area contributed by atoms with Crippen molar-refractivity contribution in [3.63, 3.8) is 0 Å². The van der Waals surface area contributed by atoms with Crippen LogP contribution >= 0.6 is 0 Å². The molecule has 2 amide bonds. The summed E-state index contributed by atoms with van der Waals surface area (Å²) < 4.78 is 5.13. The fourth-order valence-corrected chi connectivity index (χ4v) is 2.72. The summed E-state index contributed by atoms with van der Waals surface area (Å²) in [6.45, 7) is 0.629. The van der Waals surface area contributed by atoms with Crippen molar-refractivity contribution in [1.82, 2.24) is 5.32 Å². The summed E-state index contributed by atoms with van der Waals surface area (Å²) in [4.78, 5) is 12.0. The maximum atomic E-state index is 12.0. The van der Waals surface area contributed by atoms with Gasteiger partial charge in [-0.1, -0.05) is 18.9 Å². The summed E-state index contributed by atoms with van der Waals surface area (Å²) in [6.07, 6.45) is 4.46. The first kappa shape index (κ1) is 14.7. The molecule has 5 heteroatoms. The SMILES string of the molecule is COc1cccc(NC(=O)NC2CCCCC2CN)c1. The van der Waals surface area contributed by atoms with Crippen molar-refractivity contribution in [3.05, 3.63) is 24.3 Å². The van der Waals surface area contributed by atoms with Crippen LogP contribution in [0.4, 0.5) is 10.5 Å².